The topological polar surface area (TPSA) is 175 Å². The first-order valence-corrected chi connectivity index (χ1v) is 28.0. The van der Waals surface area contributed by atoms with E-state index in [9.17, 15) is 35.1 Å². The van der Waals surface area contributed by atoms with E-state index < -0.39 is 67.4 Å². The Bertz CT molecular complexity index is 1690. The lowest BCUT2D eigenvalue weighted by Crippen LogP contribution is -2.61. The van der Waals surface area contributed by atoms with Gasteiger partial charge < -0.3 is 45.1 Å². The highest BCUT2D eigenvalue weighted by Gasteiger charge is 2.47. The highest BCUT2D eigenvalue weighted by molar-refractivity contribution is 5.81. The quantitative estimate of drug-likeness (QED) is 0.0149. The van der Waals surface area contributed by atoms with Crippen LogP contribution in [0, 0.1) is 0 Å². The number of hydrogen-bond donors (Lipinski definition) is 6. The Hall–Kier alpha value is -4.20. The summed E-state index contributed by atoms with van der Waals surface area (Å²) in [6.45, 7) is 5.43. The Morgan fingerprint density at radius 2 is 1.04 bits per heavy atom. The summed E-state index contributed by atoms with van der Waals surface area (Å²) in [5, 5.41) is 56.6. The zero-order chi connectivity index (χ0) is 53.3. The lowest BCUT2D eigenvalue weighted by Gasteiger charge is -2.41. The van der Waals surface area contributed by atoms with Crippen LogP contribution in [-0.2, 0) is 23.8 Å². The summed E-state index contributed by atoms with van der Waals surface area (Å²) in [7, 11) is 0. The molecule has 8 unspecified atom stereocenters. The smallest absolute Gasteiger partial charge is 0.306 e. The number of rotatable bonds is 44. The van der Waals surface area contributed by atoms with Crippen LogP contribution in [0.4, 0.5) is 0 Å². The van der Waals surface area contributed by atoms with Gasteiger partial charge in [0.15, 0.2) is 12.4 Å². The molecule has 1 rings (SSSR count). The summed E-state index contributed by atoms with van der Waals surface area (Å²) >= 11 is 0. The third-order valence-electron chi connectivity index (χ3n) is 12.2. The van der Waals surface area contributed by atoms with Crippen molar-refractivity contribution in [2.45, 2.75) is 230 Å². The monoisotopic (exact) mass is 1020 g/mol. The Balaban J connectivity index is 2.81. The summed E-state index contributed by atoms with van der Waals surface area (Å²) in [5.74, 6) is -1.32. The van der Waals surface area contributed by atoms with Gasteiger partial charge in [0.1, 0.15) is 24.4 Å². The number of carbonyl (C=O) groups is 2. The predicted octanol–water partition coefficient (Wildman–Crippen LogP) is 12.5. The molecule has 1 aliphatic heterocycles. The van der Waals surface area contributed by atoms with Crippen molar-refractivity contribution in [2.24, 2.45) is 0 Å². The number of hydrogen-bond acceptors (Lipinski definition) is 10. The maximum absolute atomic E-state index is 13.3. The van der Waals surface area contributed by atoms with E-state index in [4.69, 9.17) is 14.2 Å². The van der Waals surface area contributed by atoms with Gasteiger partial charge in [0, 0.05) is 12.8 Å². The zero-order valence-electron chi connectivity index (χ0n) is 45.2. The summed E-state index contributed by atoms with van der Waals surface area (Å²) in [4.78, 5) is 26.4. The molecule has 11 nitrogen and oxygen atoms in total. The predicted molar refractivity (Wildman–Crippen MR) is 301 cm³/mol. The van der Waals surface area contributed by atoms with Crippen LogP contribution in [0.25, 0.3) is 0 Å². The SMILES string of the molecule is CC/C=C\C/C=C\C/C=C\C/C=C\C/C=C\C/C=C\CC(O)C(=O)NC(COC1OC(CO)C(O)C(O)C1OC(=O)CCCCCCC\C=C/C=C/C=C/C=C/CC)C(O)/C=C/CCCCCCCCCCC. The van der Waals surface area contributed by atoms with Gasteiger partial charge in [-0.2, -0.15) is 0 Å². The van der Waals surface area contributed by atoms with Crippen molar-refractivity contribution < 1.29 is 49.3 Å². The van der Waals surface area contributed by atoms with Crippen molar-refractivity contribution in [1.82, 2.24) is 5.32 Å². The molecule has 0 aromatic rings. The molecule has 0 radical (unpaired) electrons. The van der Waals surface area contributed by atoms with Gasteiger partial charge in [-0.15, -0.1) is 0 Å². The molecule has 1 amide bonds. The van der Waals surface area contributed by atoms with Gasteiger partial charge in [-0.1, -0.05) is 225 Å². The van der Waals surface area contributed by atoms with E-state index in [0.29, 0.717) is 12.8 Å². The van der Waals surface area contributed by atoms with Crippen molar-refractivity contribution in [3.63, 3.8) is 0 Å². The van der Waals surface area contributed by atoms with Gasteiger partial charge in [0.05, 0.1) is 25.4 Å². The van der Waals surface area contributed by atoms with E-state index >= 15 is 0 Å². The van der Waals surface area contributed by atoms with Gasteiger partial charge >= 0.3 is 5.97 Å². The second-order valence-corrected chi connectivity index (χ2v) is 18.7. The second kappa shape index (κ2) is 48.7. The van der Waals surface area contributed by atoms with Crippen LogP contribution in [0.1, 0.15) is 181 Å². The Morgan fingerprint density at radius 3 is 1.59 bits per heavy atom. The van der Waals surface area contributed by atoms with Gasteiger partial charge in [0.25, 0.3) is 0 Å². The number of aliphatic hydroxyl groups is 5. The van der Waals surface area contributed by atoms with Crippen molar-refractivity contribution in [3.05, 3.63) is 134 Å². The average Bonchev–Trinajstić information content (AvgIpc) is 3.39. The number of esters is 1. The van der Waals surface area contributed by atoms with Gasteiger partial charge in [-0.3, -0.25) is 9.59 Å². The fraction of sp³-hybridized carbons (Fsp3) is 0.613. The van der Waals surface area contributed by atoms with E-state index in [0.717, 1.165) is 96.3 Å². The average molecular weight is 1020 g/mol. The number of allylic oxidation sites excluding steroid dienone is 20. The molecule has 0 aromatic carbocycles. The van der Waals surface area contributed by atoms with Gasteiger partial charge in [-0.25, -0.2) is 0 Å². The summed E-state index contributed by atoms with van der Waals surface area (Å²) in [6.07, 6.45) is 58.0. The third-order valence-corrected chi connectivity index (χ3v) is 12.2. The van der Waals surface area contributed by atoms with E-state index in [-0.39, 0.29) is 19.4 Å². The number of aliphatic hydroxyl groups excluding tert-OH is 5. The first kappa shape index (κ1) is 66.8. The molecule has 0 aliphatic carbocycles. The molecule has 73 heavy (non-hydrogen) atoms. The Kier molecular flexibility index (Phi) is 44.6. The Labute approximate surface area is 442 Å². The molecule has 6 N–H and O–H groups in total. The van der Waals surface area contributed by atoms with Gasteiger partial charge in [0.2, 0.25) is 5.91 Å². The number of carbonyl (C=O) groups excluding carboxylic acids is 2. The third kappa shape index (κ3) is 37.2. The molecule has 11 heteroatoms. The van der Waals surface area contributed by atoms with Crippen LogP contribution in [0.15, 0.2) is 134 Å². The van der Waals surface area contributed by atoms with Crippen molar-refractivity contribution in [3.8, 4) is 0 Å². The highest BCUT2D eigenvalue weighted by Crippen LogP contribution is 2.26. The molecule has 0 aromatic heterocycles. The van der Waals surface area contributed by atoms with Crippen molar-refractivity contribution in [1.29, 1.82) is 0 Å². The summed E-state index contributed by atoms with van der Waals surface area (Å²) < 4.78 is 17.5. The van der Waals surface area contributed by atoms with E-state index in [2.05, 4.69) is 92.9 Å². The molecule has 412 valence electrons. The van der Waals surface area contributed by atoms with E-state index in [1.807, 2.05) is 54.7 Å². The number of nitrogens with one attached hydrogen (secondary N) is 1. The van der Waals surface area contributed by atoms with Gasteiger partial charge in [-0.05, 0) is 77.0 Å². The molecule has 0 saturated carbocycles. The molecule has 1 fully saturated rings. The van der Waals surface area contributed by atoms with Crippen LogP contribution in [-0.4, -0.2) is 99.6 Å². The maximum atomic E-state index is 13.3. The largest absolute Gasteiger partial charge is 0.454 e. The fourth-order valence-electron chi connectivity index (χ4n) is 7.73. The molecule has 1 aliphatic rings. The standard InChI is InChI=1S/C62H99NO10/c1-4-7-10-13-16-19-22-24-26-27-28-30-31-34-37-40-43-46-49-55(66)61(70)63-53(54(65)48-45-42-39-36-33-21-18-15-12-9-6-3)52-71-62-60(59(69)58(68)56(51-64)72-62)73-57(67)50-47-44-41-38-35-32-29-25-23-20-17-14-11-8-5-2/h7-8,10-11,14,16-17,19-20,23-26,28-30,34,37,43,45-46,48,53-56,58-60,62,64-66,68-69H,4-6,9,12-13,15,18,21-22,27,31-33,35-36,38-42,44,47,49-52H2,1-3H3,(H,63,70)/b10-7-,11-8+,17-14+,19-16-,23-20+,26-24-,29-25-,30-28-,37-34-,46-43-,48-45+. The number of ether oxygens (including phenoxy) is 3. The van der Waals surface area contributed by atoms with Crippen LogP contribution >= 0.6 is 0 Å². The lowest BCUT2D eigenvalue weighted by atomic mass is 9.99. The highest BCUT2D eigenvalue weighted by atomic mass is 16.7. The van der Waals surface area contributed by atoms with Crippen LogP contribution in [0.3, 0.4) is 0 Å². The van der Waals surface area contributed by atoms with Crippen LogP contribution < -0.4 is 5.32 Å². The van der Waals surface area contributed by atoms with E-state index in [1.54, 1.807) is 12.2 Å². The van der Waals surface area contributed by atoms with Crippen molar-refractivity contribution >= 4 is 11.9 Å². The molecular weight excluding hydrogens is 919 g/mol. The number of unbranched alkanes of at least 4 members (excludes halogenated alkanes) is 14. The molecule has 1 heterocycles. The van der Waals surface area contributed by atoms with E-state index in [1.165, 1.54) is 38.5 Å². The summed E-state index contributed by atoms with van der Waals surface area (Å²) in [6, 6.07) is -1.08. The molecule has 0 bridgehead atoms. The van der Waals surface area contributed by atoms with Crippen LogP contribution in [0.2, 0.25) is 0 Å². The minimum atomic E-state index is -1.64. The molecule has 0 spiro atoms. The van der Waals surface area contributed by atoms with Crippen LogP contribution in [0.5, 0.6) is 0 Å². The lowest BCUT2D eigenvalue weighted by molar-refractivity contribution is -0.305. The minimum absolute atomic E-state index is 0.0474. The zero-order valence-corrected chi connectivity index (χ0v) is 45.2. The maximum Gasteiger partial charge on any atom is 0.306 e. The van der Waals surface area contributed by atoms with Crippen molar-refractivity contribution in [2.75, 3.05) is 13.2 Å². The summed E-state index contributed by atoms with van der Waals surface area (Å²) in [5.41, 5.74) is 0. The number of amides is 1. The first-order chi connectivity index (χ1) is 35.7. The normalized spacial score (nSPS) is 20.5. The Morgan fingerprint density at radius 1 is 0.562 bits per heavy atom. The first-order valence-electron chi connectivity index (χ1n) is 28.0. The second-order valence-electron chi connectivity index (χ2n) is 18.7. The molecule has 1 saturated heterocycles. The molecular formula is C62H99NO10. The minimum Gasteiger partial charge on any atom is -0.454 e. The molecule has 8 atom stereocenters. The fourth-order valence-corrected chi connectivity index (χ4v) is 7.73.